The normalized spacial score (nSPS) is 13.8. The summed E-state index contributed by atoms with van der Waals surface area (Å²) in [7, 11) is 0. The van der Waals surface area contributed by atoms with Gasteiger partial charge in [0.2, 0.25) is 0 Å². The predicted molar refractivity (Wildman–Crippen MR) is 102 cm³/mol. The Morgan fingerprint density at radius 3 is 2.67 bits per heavy atom. The maximum absolute atomic E-state index is 13.1. The fraction of sp³-hybridized carbons (Fsp3) is 0.286. The van der Waals surface area contributed by atoms with Crippen LogP contribution in [0.2, 0.25) is 0 Å². The van der Waals surface area contributed by atoms with Crippen LogP contribution in [0.5, 0.6) is 0 Å². The van der Waals surface area contributed by atoms with E-state index >= 15 is 0 Å². The largest absolute Gasteiger partial charge is 0.433 e. The quantitative estimate of drug-likeness (QED) is 0.631. The molecule has 4 rings (SSSR count). The van der Waals surface area contributed by atoms with Crippen LogP contribution in [0.3, 0.4) is 0 Å². The molecule has 1 aliphatic rings. The van der Waals surface area contributed by atoms with Crippen LogP contribution in [0, 0.1) is 0 Å². The molecule has 0 bridgehead atoms. The first kappa shape index (κ1) is 17.6. The monoisotopic (exact) mass is 371 g/mol. The Kier molecular flexibility index (Phi) is 4.64. The highest BCUT2D eigenvalue weighted by atomic mass is 19.4. The van der Waals surface area contributed by atoms with Gasteiger partial charge in [0.25, 0.3) is 0 Å². The van der Waals surface area contributed by atoms with Crippen molar-refractivity contribution in [2.75, 3.05) is 29.9 Å². The van der Waals surface area contributed by atoms with Gasteiger partial charge in [-0.25, -0.2) is 4.98 Å². The Bertz CT molecular complexity index is 953. The van der Waals surface area contributed by atoms with Gasteiger partial charge < -0.3 is 10.2 Å². The molecule has 0 amide bonds. The van der Waals surface area contributed by atoms with Crippen LogP contribution < -0.4 is 10.2 Å². The van der Waals surface area contributed by atoms with E-state index in [0.29, 0.717) is 23.1 Å². The topological polar surface area (TPSA) is 28.2 Å². The molecule has 2 heterocycles. The average molecular weight is 371 g/mol. The van der Waals surface area contributed by atoms with Gasteiger partial charge in [0.15, 0.2) is 0 Å². The molecular weight excluding hydrogens is 351 g/mol. The number of nitrogens with one attached hydrogen (secondary N) is 1. The molecule has 1 N–H and O–H groups in total. The molecule has 6 heteroatoms. The van der Waals surface area contributed by atoms with E-state index in [2.05, 4.69) is 33.4 Å². The zero-order valence-electron chi connectivity index (χ0n) is 14.8. The highest BCUT2D eigenvalue weighted by Crippen LogP contribution is 2.33. The van der Waals surface area contributed by atoms with Crippen LogP contribution in [0.25, 0.3) is 10.9 Å². The number of nitrogens with zero attached hydrogens (tertiary/aromatic N) is 2. The molecular formula is C21H20F3N3. The van der Waals surface area contributed by atoms with Crippen molar-refractivity contribution in [3.8, 4) is 0 Å². The van der Waals surface area contributed by atoms with Crippen LogP contribution in [-0.4, -0.2) is 24.6 Å². The molecule has 3 nitrogen and oxygen atoms in total. The molecule has 1 aliphatic heterocycles. The average Bonchev–Trinajstić information content (AvgIpc) is 3.07. The van der Waals surface area contributed by atoms with E-state index in [1.165, 1.54) is 11.3 Å². The Morgan fingerprint density at radius 1 is 1.04 bits per heavy atom. The fourth-order valence-electron chi connectivity index (χ4n) is 3.60. The molecule has 0 atom stereocenters. The molecule has 27 heavy (non-hydrogen) atoms. The zero-order valence-corrected chi connectivity index (χ0v) is 14.8. The van der Waals surface area contributed by atoms with E-state index in [0.717, 1.165) is 32.0 Å². The molecule has 0 saturated heterocycles. The summed E-state index contributed by atoms with van der Waals surface area (Å²) in [5, 5.41) is 3.89. The van der Waals surface area contributed by atoms with Gasteiger partial charge in [-0.1, -0.05) is 36.4 Å². The number of anilines is 2. The number of hydrogen-bond acceptors (Lipinski definition) is 3. The van der Waals surface area contributed by atoms with Gasteiger partial charge in [0, 0.05) is 36.4 Å². The Morgan fingerprint density at radius 2 is 1.81 bits per heavy atom. The van der Waals surface area contributed by atoms with Gasteiger partial charge in [0.05, 0.1) is 5.52 Å². The van der Waals surface area contributed by atoms with Crippen molar-refractivity contribution in [1.82, 2.24) is 4.98 Å². The highest BCUT2D eigenvalue weighted by molar-refractivity contribution is 5.91. The molecule has 140 valence electrons. The standard InChI is InChI=1S/C21H20F3N3/c22-21(23,24)20-14-18(16-7-2-3-8-17(16)26-20)25-11-5-12-27-13-10-15-6-1-4-9-19(15)27/h1-4,6-9,14H,5,10-13H2,(H,25,26). The molecule has 0 aliphatic carbocycles. The van der Waals surface area contributed by atoms with Crippen LogP contribution in [0.15, 0.2) is 54.6 Å². The maximum atomic E-state index is 13.1. The van der Waals surface area contributed by atoms with Crippen LogP contribution in [0.4, 0.5) is 24.5 Å². The first-order valence-corrected chi connectivity index (χ1v) is 9.06. The molecule has 0 spiro atoms. The van der Waals surface area contributed by atoms with Gasteiger partial charge in [0.1, 0.15) is 5.69 Å². The van der Waals surface area contributed by atoms with E-state index in [9.17, 15) is 13.2 Å². The van der Waals surface area contributed by atoms with E-state index in [1.54, 1.807) is 18.2 Å². The van der Waals surface area contributed by atoms with Crippen LogP contribution in [0.1, 0.15) is 17.7 Å². The minimum atomic E-state index is -4.46. The molecule has 2 aromatic carbocycles. The van der Waals surface area contributed by atoms with Crippen molar-refractivity contribution in [2.24, 2.45) is 0 Å². The number of para-hydroxylation sites is 2. The van der Waals surface area contributed by atoms with Gasteiger partial charge in [-0.05, 0) is 36.6 Å². The summed E-state index contributed by atoms with van der Waals surface area (Å²) in [5.74, 6) is 0. The second-order valence-electron chi connectivity index (χ2n) is 6.72. The van der Waals surface area contributed by atoms with Crippen molar-refractivity contribution >= 4 is 22.3 Å². The maximum Gasteiger partial charge on any atom is 0.433 e. The number of rotatable bonds is 5. The number of halogens is 3. The van der Waals surface area contributed by atoms with Crippen LogP contribution >= 0.6 is 0 Å². The minimum absolute atomic E-state index is 0.350. The first-order valence-electron chi connectivity index (χ1n) is 9.06. The predicted octanol–water partition coefficient (Wildman–Crippen LogP) is 5.12. The lowest BCUT2D eigenvalue weighted by Gasteiger charge is -2.20. The van der Waals surface area contributed by atoms with E-state index in [-0.39, 0.29) is 0 Å². The van der Waals surface area contributed by atoms with Crippen LogP contribution in [-0.2, 0) is 12.6 Å². The van der Waals surface area contributed by atoms with Crippen molar-refractivity contribution in [2.45, 2.75) is 19.0 Å². The molecule has 0 fully saturated rings. The van der Waals surface area contributed by atoms with Crippen molar-refractivity contribution in [1.29, 1.82) is 0 Å². The zero-order chi connectivity index (χ0) is 18.9. The fourth-order valence-corrected chi connectivity index (χ4v) is 3.60. The number of alkyl halides is 3. The number of fused-ring (bicyclic) bond motifs is 2. The number of benzene rings is 2. The second-order valence-corrected chi connectivity index (χ2v) is 6.72. The SMILES string of the molecule is FC(F)(F)c1cc(NCCCN2CCc3ccccc32)c2ccccc2n1. The lowest BCUT2D eigenvalue weighted by atomic mass is 10.1. The van der Waals surface area contributed by atoms with Gasteiger partial charge >= 0.3 is 6.18 Å². The molecule has 3 aromatic rings. The third kappa shape index (κ3) is 3.70. The molecule has 0 radical (unpaired) electrons. The van der Waals surface area contributed by atoms with Gasteiger partial charge in [-0.3, -0.25) is 0 Å². The van der Waals surface area contributed by atoms with E-state index < -0.39 is 11.9 Å². The Balaban J connectivity index is 1.45. The minimum Gasteiger partial charge on any atom is -0.384 e. The molecule has 0 saturated carbocycles. The lowest BCUT2D eigenvalue weighted by molar-refractivity contribution is -0.140. The van der Waals surface area contributed by atoms with Crippen molar-refractivity contribution in [3.63, 3.8) is 0 Å². The molecule has 0 unspecified atom stereocenters. The van der Waals surface area contributed by atoms with Gasteiger partial charge in [-0.15, -0.1) is 0 Å². The second kappa shape index (κ2) is 7.10. The summed E-state index contributed by atoms with van der Waals surface area (Å²) < 4.78 is 39.4. The Labute approximate surface area is 155 Å². The Hall–Kier alpha value is -2.76. The van der Waals surface area contributed by atoms with Crippen molar-refractivity contribution in [3.05, 3.63) is 65.9 Å². The van der Waals surface area contributed by atoms with E-state index in [4.69, 9.17) is 0 Å². The van der Waals surface area contributed by atoms with E-state index in [1.807, 2.05) is 12.1 Å². The molecule has 1 aromatic heterocycles. The number of hydrogen-bond donors (Lipinski definition) is 1. The third-order valence-corrected chi connectivity index (χ3v) is 4.91. The summed E-state index contributed by atoms with van der Waals surface area (Å²) in [6.07, 6.45) is -2.57. The summed E-state index contributed by atoms with van der Waals surface area (Å²) in [5.41, 5.74) is 2.60. The summed E-state index contributed by atoms with van der Waals surface area (Å²) in [4.78, 5) is 6.09. The summed E-state index contributed by atoms with van der Waals surface area (Å²) >= 11 is 0. The lowest BCUT2D eigenvalue weighted by Crippen LogP contribution is -2.23. The summed E-state index contributed by atoms with van der Waals surface area (Å²) in [6.45, 7) is 2.47. The number of aromatic nitrogens is 1. The summed E-state index contributed by atoms with van der Waals surface area (Å²) in [6, 6.07) is 16.4. The van der Waals surface area contributed by atoms with Gasteiger partial charge in [-0.2, -0.15) is 13.2 Å². The first-order chi connectivity index (χ1) is 13.0. The van der Waals surface area contributed by atoms with Crippen molar-refractivity contribution < 1.29 is 13.2 Å². The third-order valence-electron chi connectivity index (χ3n) is 4.91. The highest BCUT2D eigenvalue weighted by Gasteiger charge is 2.33. The number of pyridine rings is 1. The smallest absolute Gasteiger partial charge is 0.384 e.